The molecule has 0 N–H and O–H groups in total. The first-order chi connectivity index (χ1) is 26.2. The summed E-state index contributed by atoms with van der Waals surface area (Å²) in [6, 6.07) is 57.0. The second-order valence-electron chi connectivity index (χ2n) is 13.5. The minimum atomic E-state index is 1.02. The van der Waals surface area contributed by atoms with Crippen molar-refractivity contribution in [3.05, 3.63) is 194 Å². The van der Waals surface area contributed by atoms with Crippen LogP contribution in [-0.2, 0) is 0 Å². The Morgan fingerprint density at radius 1 is 0.566 bits per heavy atom. The van der Waals surface area contributed by atoms with Gasteiger partial charge in [0, 0.05) is 58.7 Å². The molecule has 0 atom stereocenters. The fraction of sp³-hybridized carbons (Fsp3) is 0.0200. The third-order valence-corrected chi connectivity index (χ3v) is 11.7. The van der Waals surface area contributed by atoms with E-state index in [9.17, 15) is 0 Å². The van der Waals surface area contributed by atoms with Crippen LogP contribution in [0.3, 0.4) is 0 Å². The standard InChI is InChI=1S/C50H34N2S/c1-3-4-16-36(34-17-8-5-9-18-34)31-33(2)51-43-24-15-14-23-41(43)47-45(51)29-26-39-40-27-30-46-48(50(40)53-49(39)47)42-32-37(35-19-10-6-11-20-35)25-28-44(42)52(46)38-21-12-7-13-22-38/h3-15,17-32H,1H2,2H3/b33-31+. The maximum Gasteiger partial charge on any atom is 0.0555 e. The number of allylic oxidation sites excluding steroid dienone is 4. The summed E-state index contributed by atoms with van der Waals surface area (Å²) in [7, 11) is 0. The molecule has 0 saturated heterocycles. The summed E-state index contributed by atoms with van der Waals surface area (Å²) >= 11 is 1.93. The van der Waals surface area contributed by atoms with Gasteiger partial charge < -0.3 is 9.13 Å². The van der Waals surface area contributed by atoms with E-state index in [1.54, 1.807) is 6.08 Å². The number of rotatable bonds is 6. The molecule has 3 heterocycles. The zero-order chi connectivity index (χ0) is 35.5. The Morgan fingerprint density at radius 3 is 1.92 bits per heavy atom. The van der Waals surface area contributed by atoms with Gasteiger partial charge in [0.2, 0.25) is 0 Å². The van der Waals surface area contributed by atoms with E-state index in [0.717, 1.165) is 16.8 Å². The minimum Gasteiger partial charge on any atom is -0.313 e. The fourth-order valence-corrected chi connectivity index (χ4v) is 9.55. The Kier molecular flexibility index (Phi) is 7.37. The first-order valence-electron chi connectivity index (χ1n) is 18.0. The number of aromatic nitrogens is 2. The van der Waals surface area contributed by atoms with Gasteiger partial charge in [-0.2, -0.15) is 0 Å². The molecule has 0 unspecified atom stereocenters. The van der Waals surface area contributed by atoms with Crippen molar-refractivity contribution in [2.75, 3.05) is 0 Å². The van der Waals surface area contributed by atoms with E-state index in [4.69, 9.17) is 0 Å². The van der Waals surface area contributed by atoms with Gasteiger partial charge in [0.15, 0.2) is 0 Å². The molecule has 0 fully saturated rings. The lowest BCUT2D eigenvalue weighted by Crippen LogP contribution is -1.94. The molecule has 0 aliphatic heterocycles. The third-order valence-electron chi connectivity index (χ3n) is 10.4. The summed E-state index contributed by atoms with van der Waals surface area (Å²) in [5.74, 6) is 0. The van der Waals surface area contributed by atoms with Gasteiger partial charge in [-0.25, -0.2) is 0 Å². The Labute approximate surface area is 311 Å². The molecule has 0 spiro atoms. The molecule has 3 heteroatoms. The van der Waals surface area contributed by atoms with Crippen molar-refractivity contribution in [2.45, 2.75) is 6.92 Å². The van der Waals surface area contributed by atoms with Crippen LogP contribution in [0.25, 0.3) is 91.9 Å². The summed E-state index contributed by atoms with van der Waals surface area (Å²) in [4.78, 5) is 0. The smallest absolute Gasteiger partial charge is 0.0555 e. The average molecular weight is 695 g/mol. The highest BCUT2D eigenvalue weighted by molar-refractivity contribution is 7.27. The first-order valence-corrected chi connectivity index (χ1v) is 18.8. The molecule has 53 heavy (non-hydrogen) atoms. The SMILES string of the molecule is C=CC=C=C(/C=C(\C)n1c2ccccc2c2c3sc4c(ccc5c4c4cc(-c6ccccc6)ccc4n5-c4ccccc4)c3ccc21)c1ccccc1. The summed E-state index contributed by atoms with van der Waals surface area (Å²) in [5.41, 5.74) is 15.2. The second kappa shape index (κ2) is 12.5. The van der Waals surface area contributed by atoms with Gasteiger partial charge in [-0.3, -0.25) is 0 Å². The largest absolute Gasteiger partial charge is 0.313 e. The molecule has 250 valence electrons. The number of fused-ring (bicyclic) bond motifs is 11. The van der Waals surface area contributed by atoms with E-state index in [-0.39, 0.29) is 0 Å². The van der Waals surface area contributed by atoms with Crippen molar-refractivity contribution in [1.82, 2.24) is 9.13 Å². The molecular formula is C50H34N2S. The summed E-state index contributed by atoms with van der Waals surface area (Å²) < 4.78 is 7.48. The maximum atomic E-state index is 3.90. The van der Waals surface area contributed by atoms with E-state index in [1.807, 2.05) is 23.5 Å². The van der Waals surface area contributed by atoms with Gasteiger partial charge in [0.1, 0.15) is 0 Å². The van der Waals surface area contributed by atoms with Gasteiger partial charge in [0.05, 0.1) is 22.1 Å². The minimum absolute atomic E-state index is 1.02. The zero-order valence-electron chi connectivity index (χ0n) is 29.3. The maximum absolute atomic E-state index is 3.90. The monoisotopic (exact) mass is 694 g/mol. The number of hydrogen-bond donors (Lipinski definition) is 0. The van der Waals surface area contributed by atoms with Crippen LogP contribution in [0.2, 0.25) is 0 Å². The summed E-state index contributed by atoms with van der Waals surface area (Å²) in [6.45, 7) is 6.10. The van der Waals surface area contributed by atoms with Crippen LogP contribution in [0.4, 0.5) is 0 Å². The van der Waals surface area contributed by atoms with Crippen molar-refractivity contribution >= 4 is 86.4 Å². The van der Waals surface area contributed by atoms with Gasteiger partial charge in [-0.1, -0.05) is 128 Å². The predicted octanol–water partition coefficient (Wildman–Crippen LogP) is 14.2. The van der Waals surface area contributed by atoms with Gasteiger partial charge in [0.25, 0.3) is 0 Å². The van der Waals surface area contributed by atoms with Crippen molar-refractivity contribution in [2.24, 2.45) is 0 Å². The molecule has 0 aliphatic carbocycles. The molecule has 2 nitrogen and oxygen atoms in total. The molecule has 10 aromatic rings. The molecule has 0 bridgehead atoms. The van der Waals surface area contributed by atoms with Crippen LogP contribution in [0.15, 0.2) is 188 Å². The average Bonchev–Trinajstić information content (AvgIpc) is 3.87. The lowest BCUT2D eigenvalue weighted by atomic mass is 10.0. The topological polar surface area (TPSA) is 9.86 Å². The number of para-hydroxylation sites is 2. The Hall–Kier alpha value is -6.64. The number of nitrogens with zero attached hydrogens (tertiary/aromatic N) is 2. The highest BCUT2D eigenvalue weighted by atomic mass is 32.1. The van der Waals surface area contributed by atoms with E-state index in [2.05, 4.69) is 186 Å². The Bertz CT molecular complexity index is 3150. The van der Waals surface area contributed by atoms with Crippen LogP contribution in [0.1, 0.15) is 12.5 Å². The van der Waals surface area contributed by atoms with E-state index < -0.39 is 0 Å². The van der Waals surface area contributed by atoms with Gasteiger partial charge in [-0.15, -0.1) is 17.1 Å². The van der Waals surface area contributed by atoms with Crippen molar-refractivity contribution in [1.29, 1.82) is 0 Å². The molecule has 3 aromatic heterocycles. The Morgan fingerprint density at radius 2 is 1.19 bits per heavy atom. The number of thiophene rings is 1. The fourth-order valence-electron chi connectivity index (χ4n) is 8.14. The Balaban J connectivity index is 1.28. The molecule has 0 aliphatic rings. The van der Waals surface area contributed by atoms with Crippen LogP contribution in [0, 0.1) is 0 Å². The molecule has 0 saturated carbocycles. The third kappa shape index (κ3) is 4.94. The van der Waals surface area contributed by atoms with Gasteiger partial charge in [-0.05, 0) is 78.2 Å². The predicted molar refractivity (Wildman–Crippen MR) is 230 cm³/mol. The van der Waals surface area contributed by atoms with Crippen LogP contribution < -0.4 is 0 Å². The van der Waals surface area contributed by atoms with E-state index >= 15 is 0 Å². The number of hydrogen-bond acceptors (Lipinski definition) is 1. The molecule has 10 rings (SSSR count). The van der Waals surface area contributed by atoms with Gasteiger partial charge >= 0.3 is 0 Å². The van der Waals surface area contributed by atoms with Crippen LogP contribution in [0.5, 0.6) is 0 Å². The molecule has 0 amide bonds. The highest BCUT2D eigenvalue weighted by Crippen LogP contribution is 2.48. The highest BCUT2D eigenvalue weighted by Gasteiger charge is 2.21. The summed E-state index contributed by atoms with van der Waals surface area (Å²) in [5, 5.41) is 7.72. The summed E-state index contributed by atoms with van der Waals surface area (Å²) in [6.07, 6.45) is 5.90. The van der Waals surface area contributed by atoms with Crippen molar-refractivity contribution in [3.8, 4) is 16.8 Å². The molecule has 0 radical (unpaired) electrons. The van der Waals surface area contributed by atoms with Crippen LogP contribution >= 0.6 is 11.3 Å². The lowest BCUT2D eigenvalue weighted by Gasteiger charge is -2.09. The van der Waals surface area contributed by atoms with E-state index in [1.165, 1.54) is 80.6 Å². The normalized spacial score (nSPS) is 12.0. The lowest BCUT2D eigenvalue weighted by molar-refractivity contribution is 1.18. The quantitative estimate of drug-likeness (QED) is 0.121. The van der Waals surface area contributed by atoms with Crippen LogP contribution in [-0.4, -0.2) is 9.13 Å². The first kappa shape index (κ1) is 31.1. The molecule has 7 aromatic carbocycles. The van der Waals surface area contributed by atoms with Crippen molar-refractivity contribution < 1.29 is 0 Å². The zero-order valence-corrected chi connectivity index (χ0v) is 30.1. The number of benzene rings is 7. The van der Waals surface area contributed by atoms with Crippen molar-refractivity contribution in [3.63, 3.8) is 0 Å². The second-order valence-corrected chi connectivity index (χ2v) is 14.5. The molecular weight excluding hydrogens is 661 g/mol. The van der Waals surface area contributed by atoms with E-state index in [0.29, 0.717) is 0 Å².